The van der Waals surface area contributed by atoms with E-state index in [1.165, 1.54) is 17.7 Å². The van der Waals surface area contributed by atoms with Crippen LogP contribution in [-0.2, 0) is 13.0 Å². The Morgan fingerprint density at radius 3 is 2.88 bits per heavy atom. The molecule has 1 aliphatic carbocycles. The lowest BCUT2D eigenvalue weighted by Crippen LogP contribution is -2.34. The predicted octanol–water partition coefficient (Wildman–Crippen LogP) is 3.07. The summed E-state index contributed by atoms with van der Waals surface area (Å²) in [5, 5.41) is 4.03. The summed E-state index contributed by atoms with van der Waals surface area (Å²) < 4.78 is 5.45. The van der Waals surface area contributed by atoms with Crippen LogP contribution in [0.1, 0.15) is 49.9 Å². The maximum atomic E-state index is 5.45. The average molecular weight is 329 g/mol. The molecule has 0 saturated heterocycles. The molecule has 0 unspecified atom stereocenters. The van der Waals surface area contributed by atoms with Gasteiger partial charge in [-0.15, -0.1) is 0 Å². The van der Waals surface area contributed by atoms with Crippen LogP contribution in [0.15, 0.2) is 22.9 Å². The first-order chi connectivity index (χ1) is 11.5. The van der Waals surface area contributed by atoms with Gasteiger partial charge in [0.2, 0.25) is 5.89 Å². The molecule has 130 valence electrons. The zero-order chi connectivity index (χ0) is 17.1. The lowest BCUT2D eigenvalue weighted by Gasteiger charge is -2.35. The smallest absolute Gasteiger partial charge is 0.265 e. The van der Waals surface area contributed by atoms with Crippen molar-refractivity contribution in [2.45, 2.75) is 45.7 Å². The van der Waals surface area contributed by atoms with Crippen LogP contribution in [-0.4, -0.2) is 40.7 Å². The highest BCUT2D eigenvalue weighted by atomic mass is 16.5. The summed E-state index contributed by atoms with van der Waals surface area (Å²) in [5.41, 5.74) is 2.60. The maximum absolute atomic E-state index is 5.45. The molecule has 6 heteroatoms. The van der Waals surface area contributed by atoms with Gasteiger partial charge in [-0.25, -0.2) is 0 Å². The Bertz CT molecular complexity index is 667. The zero-order valence-corrected chi connectivity index (χ0v) is 15.1. The fourth-order valence-corrected chi connectivity index (χ4v) is 3.38. The van der Waals surface area contributed by atoms with Gasteiger partial charge in [-0.3, -0.25) is 9.88 Å². The third-order valence-corrected chi connectivity index (χ3v) is 4.40. The summed E-state index contributed by atoms with van der Waals surface area (Å²) in [6.45, 7) is 6.14. The Hall–Kier alpha value is -1.95. The molecule has 1 aliphatic rings. The Kier molecular flexibility index (Phi) is 5.14. The maximum Gasteiger partial charge on any atom is 0.265 e. The van der Waals surface area contributed by atoms with Gasteiger partial charge in [0.15, 0.2) is 0 Å². The molecule has 0 aliphatic heterocycles. The molecule has 2 aromatic heterocycles. The van der Waals surface area contributed by atoms with Gasteiger partial charge < -0.3 is 9.42 Å². The first-order valence-electron chi connectivity index (χ1n) is 8.72. The van der Waals surface area contributed by atoms with Crippen molar-refractivity contribution in [1.29, 1.82) is 0 Å². The fourth-order valence-electron chi connectivity index (χ4n) is 3.38. The molecule has 0 bridgehead atoms. The van der Waals surface area contributed by atoms with E-state index in [1.54, 1.807) is 0 Å². The first-order valence-corrected chi connectivity index (χ1v) is 8.72. The van der Waals surface area contributed by atoms with Gasteiger partial charge in [-0.1, -0.05) is 19.9 Å². The third-order valence-electron chi connectivity index (χ3n) is 4.40. The van der Waals surface area contributed by atoms with Crippen molar-refractivity contribution in [3.05, 3.63) is 35.5 Å². The molecule has 0 N–H and O–H groups in total. The molecule has 0 saturated carbocycles. The van der Waals surface area contributed by atoms with Crippen LogP contribution in [0.2, 0.25) is 0 Å². The molecule has 0 fully saturated rings. The Morgan fingerprint density at radius 1 is 1.33 bits per heavy atom. The standard InChI is InChI=1S/C18H27N5O/c1-13(2)11-23(12-16-20-18(21-24-16)22(3)4)15-9-5-7-14-8-6-10-19-17(14)15/h6,8,10,13,15H,5,7,9,11-12H2,1-4H3/t15-/m1/s1. The van der Waals surface area contributed by atoms with Crippen LogP contribution in [0.25, 0.3) is 0 Å². The van der Waals surface area contributed by atoms with Gasteiger partial charge in [0.1, 0.15) is 0 Å². The van der Waals surface area contributed by atoms with Gasteiger partial charge in [0.05, 0.1) is 18.3 Å². The summed E-state index contributed by atoms with van der Waals surface area (Å²) in [5.74, 6) is 1.86. The van der Waals surface area contributed by atoms with Crippen molar-refractivity contribution in [2.24, 2.45) is 5.92 Å². The quantitative estimate of drug-likeness (QED) is 0.812. The highest BCUT2D eigenvalue weighted by Crippen LogP contribution is 2.34. The van der Waals surface area contributed by atoms with Crippen molar-refractivity contribution >= 4 is 5.95 Å². The normalized spacial score (nSPS) is 17.3. The number of hydrogen-bond acceptors (Lipinski definition) is 6. The largest absolute Gasteiger partial charge is 0.344 e. The van der Waals surface area contributed by atoms with Gasteiger partial charge in [0.25, 0.3) is 5.95 Å². The third kappa shape index (κ3) is 3.75. The molecule has 3 rings (SSSR count). The van der Waals surface area contributed by atoms with Gasteiger partial charge in [0, 0.05) is 26.8 Å². The summed E-state index contributed by atoms with van der Waals surface area (Å²) in [6.07, 6.45) is 5.36. The second-order valence-electron chi connectivity index (χ2n) is 7.16. The highest BCUT2D eigenvalue weighted by Gasteiger charge is 2.28. The second-order valence-corrected chi connectivity index (χ2v) is 7.16. The molecule has 2 heterocycles. The predicted molar refractivity (Wildman–Crippen MR) is 93.8 cm³/mol. The van der Waals surface area contributed by atoms with E-state index in [2.05, 4.69) is 39.9 Å². The van der Waals surface area contributed by atoms with Crippen molar-refractivity contribution in [2.75, 3.05) is 25.5 Å². The number of anilines is 1. The number of pyridine rings is 1. The first kappa shape index (κ1) is 16.9. The molecule has 0 spiro atoms. The number of rotatable bonds is 6. The monoisotopic (exact) mass is 329 g/mol. The van der Waals surface area contributed by atoms with E-state index in [1.807, 2.05) is 31.3 Å². The summed E-state index contributed by atoms with van der Waals surface area (Å²) in [6, 6.07) is 4.57. The molecular formula is C18H27N5O. The van der Waals surface area contributed by atoms with Gasteiger partial charge >= 0.3 is 0 Å². The van der Waals surface area contributed by atoms with Crippen molar-refractivity contribution in [3.8, 4) is 0 Å². The molecular weight excluding hydrogens is 302 g/mol. The lowest BCUT2D eigenvalue weighted by molar-refractivity contribution is 0.130. The molecule has 0 amide bonds. The van der Waals surface area contributed by atoms with E-state index in [4.69, 9.17) is 4.52 Å². The summed E-state index contributed by atoms with van der Waals surface area (Å²) in [7, 11) is 3.84. The van der Waals surface area contributed by atoms with Crippen LogP contribution in [0, 0.1) is 5.92 Å². The summed E-state index contributed by atoms with van der Waals surface area (Å²) >= 11 is 0. The molecule has 0 radical (unpaired) electrons. The van der Waals surface area contributed by atoms with E-state index in [0.717, 1.165) is 19.4 Å². The van der Waals surface area contributed by atoms with E-state index in [-0.39, 0.29) is 0 Å². The number of aromatic nitrogens is 3. The van der Waals surface area contributed by atoms with Crippen LogP contribution in [0.3, 0.4) is 0 Å². The molecule has 1 atom stereocenters. The minimum absolute atomic E-state index is 0.326. The summed E-state index contributed by atoms with van der Waals surface area (Å²) in [4.78, 5) is 13.5. The second kappa shape index (κ2) is 7.30. The van der Waals surface area contributed by atoms with Crippen molar-refractivity contribution in [1.82, 2.24) is 20.0 Å². The van der Waals surface area contributed by atoms with E-state index in [0.29, 0.717) is 30.3 Å². The lowest BCUT2D eigenvalue weighted by atomic mass is 9.90. The Morgan fingerprint density at radius 2 is 2.17 bits per heavy atom. The molecule has 2 aromatic rings. The zero-order valence-electron chi connectivity index (χ0n) is 15.1. The van der Waals surface area contributed by atoms with Crippen molar-refractivity contribution in [3.63, 3.8) is 0 Å². The van der Waals surface area contributed by atoms with E-state index in [9.17, 15) is 0 Å². The number of nitrogens with zero attached hydrogens (tertiary/aromatic N) is 5. The minimum Gasteiger partial charge on any atom is -0.344 e. The Balaban J connectivity index is 1.84. The number of aryl methyl sites for hydroxylation is 1. The number of fused-ring (bicyclic) bond motifs is 1. The Labute approximate surface area is 143 Å². The highest BCUT2D eigenvalue weighted by molar-refractivity contribution is 5.26. The van der Waals surface area contributed by atoms with Crippen LogP contribution in [0.5, 0.6) is 0 Å². The van der Waals surface area contributed by atoms with Gasteiger partial charge in [-0.2, -0.15) is 4.98 Å². The van der Waals surface area contributed by atoms with Crippen molar-refractivity contribution < 1.29 is 4.52 Å². The van der Waals surface area contributed by atoms with Crippen LogP contribution in [0.4, 0.5) is 5.95 Å². The topological polar surface area (TPSA) is 58.3 Å². The van der Waals surface area contributed by atoms with Crippen LogP contribution < -0.4 is 4.90 Å². The van der Waals surface area contributed by atoms with Gasteiger partial charge in [-0.05, 0) is 42.0 Å². The minimum atomic E-state index is 0.326. The van der Waals surface area contributed by atoms with E-state index >= 15 is 0 Å². The molecule has 0 aromatic carbocycles. The molecule has 24 heavy (non-hydrogen) atoms. The van der Waals surface area contributed by atoms with E-state index < -0.39 is 0 Å². The van der Waals surface area contributed by atoms with Crippen LogP contribution >= 0.6 is 0 Å². The average Bonchev–Trinajstić information content (AvgIpc) is 3.02. The fraction of sp³-hybridized carbons (Fsp3) is 0.611. The SMILES string of the molecule is CC(C)CN(Cc1nc(N(C)C)no1)[C@@H]1CCCc2cccnc21. The molecule has 6 nitrogen and oxygen atoms in total. The number of hydrogen-bond donors (Lipinski definition) is 0.